The van der Waals surface area contributed by atoms with Crippen LogP contribution in [0.1, 0.15) is 56.7 Å². The number of carbonyl (C=O) groups excluding carboxylic acids is 1. The largest absolute Gasteiger partial charge is 0.507 e. The van der Waals surface area contributed by atoms with Crippen molar-refractivity contribution in [2.24, 2.45) is 5.84 Å². The summed E-state index contributed by atoms with van der Waals surface area (Å²) in [5.74, 6) is 5.28. The maximum absolute atomic E-state index is 11.2. The van der Waals surface area contributed by atoms with Gasteiger partial charge in [0, 0.05) is 12.0 Å². The van der Waals surface area contributed by atoms with E-state index in [-0.39, 0.29) is 11.3 Å². The summed E-state index contributed by atoms with van der Waals surface area (Å²) in [7, 11) is 0. The molecule has 0 spiro atoms. The molecule has 1 aromatic rings. The maximum Gasteiger partial charge on any atom is 0.234 e. The topological polar surface area (TPSA) is 75.4 Å². The van der Waals surface area contributed by atoms with Crippen molar-refractivity contribution in [1.29, 1.82) is 0 Å². The van der Waals surface area contributed by atoms with Gasteiger partial charge >= 0.3 is 0 Å². The molecule has 0 aromatic heterocycles. The first-order valence-corrected chi connectivity index (χ1v) is 7.14. The van der Waals surface area contributed by atoms with Crippen LogP contribution in [0.25, 0.3) is 0 Å². The Morgan fingerprint density at radius 1 is 1.40 bits per heavy atom. The molecule has 0 aliphatic carbocycles. The molecule has 0 atom stereocenters. The lowest BCUT2D eigenvalue weighted by molar-refractivity contribution is -0.121. The van der Waals surface area contributed by atoms with E-state index in [1.54, 1.807) is 0 Å². The van der Waals surface area contributed by atoms with Gasteiger partial charge in [0.15, 0.2) is 0 Å². The van der Waals surface area contributed by atoms with Crippen molar-refractivity contribution in [2.75, 3.05) is 0 Å². The molecular formula is C16H26N2O2. The van der Waals surface area contributed by atoms with Crippen LogP contribution in [-0.4, -0.2) is 11.0 Å². The number of amides is 1. The summed E-state index contributed by atoms with van der Waals surface area (Å²) < 4.78 is 0. The number of hydrazine groups is 1. The predicted octanol–water partition coefficient (Wildman–Crippen LogP) is 2.70. The number of nitrogens with two attached hydrogens (primary N) is 1. The van der Waals surface area contributed by atoms with Crippen molar-refractivity contribution < 1.29 is 9.90 Å². The highest BCUT2D eigenvalue weighted by atomic mass is 16.3. The molecule has 0 bridgehead atoms. The summed E-state index contributed by atoms with van der Waals surface area (Å²) in [6.07, 6.45) is 3.05. The Labute approximate surface area is 121 Å². The molecule has 0 saturated carbocycles. The number of phenols is 1. The summed E-state index contributed by atoms with van der Waals surface area (Å²) in [6.45, 7) is 8.32. The van der Waals surface area contributed by atoms with Gasteiger partial charge in [-0.25, -0.2) is 5.84 Å². The minimum absolute atomic E-state index is 0.0737. The third kappa shape index (κ3) is 3.97. The summed E-state index contributed by atoms with van der Waals surface area (Å²) >= 11 is 0. The van der Waals surface area contributed by atoms with Gasteiger partial charge in [-0.2, -0.15) is 0 Å². The highest BCUT2D eigenvalue weighted by Crippen LogP contribution is 2.37. The molecule has 0 aliphatic rings. The molecule has 0 heterocycles. The van der Waals surface area contributed by atoms with Gasteiger partial charge in [0.2, 0.25) is 5.91 Å². The summed E-state index contributed by atoms with van der Waals surface area (Å²) in [5.41, 5.74) is 4.94. The van der Waals surface area contributed by atoms with E-state index in [0.29, 0.717) is 18.6 Å². The average molecular weight is 278 g/mol. The number of carbonyl (C=O) groups is 1. The molecule has 0 unspecified atom stereocenters. The quantitative estimate of drug-likeness (QED) is 0.425. The monoisotopic (exact) mass is 278 g/mol. The van der Waals surface area contributed by atoms with E-state index in [0.717, 1.165) is 29.5 Å². The van der Waals surface area contributed by atoms with Gasteiger partial charge in [0.05, 0.1) is 0 Å². The summed E-state index contributed by atoms with van der Waals surface area (Å²) in [4.78, 5) is 11.2. The van der Waals surface area contributed by atoms with Crippen molar-refractivity contribution in [3.8, 4) is 5.75 Å². The fourth-order valence-corrected chi connectivity index (χ4v) is 2.60. The third-order valence-electron chi connectivity index (χ3n) is 3.77. The lowest BCUT2D eigenvalue weighted by atomic mass is 9.78. The second kappa shape index (κ2) is 6.75. The molecule has 0 aliphatic heterocycles. The lowest BCUT2D eigenvalue weighted by Crippen LogP contribution is -2.30. The zero-order valence-electron chi connectivity index (χ0n) is 12.9. The van der Waals surface area contributed by atoms with E-state index < -0.39 is 0 Å². The van der Waals surface area contributed by atoms with E-state index in [9.17, 15) is 9.90 Å². The Balaban J connectivity index is 3.06. The number of nitrogens with one attached hydrogen (secondary N) is 1. The highest BCUT2D eigenvalue weighted by Gasteiger charge is 2.24. The molecule has 4 heteroatoms. The molecule has 0 saturated heterocycles. The minimum Gasteiger partial charge on any atom is -0.507 e. The Kier molecular flexibility index (Phi) is 5.57. The number of phenolic OH excluding ortho intramolecular Hbond substituents is 1. The highest BCUT2D eigenvalue weighted by molar-refractivity contribution is 5.75. The number of aryl methyl sites for hydroxylation is 2. The molecule has 4 nitrogen and oxygen atoms in total. The van der Waals surface area contributed by atoms with Gasteiger partial charge in [-0.15, -0.1) is 0 Å². The number of benzene rings is 1. The van der Waals surface area contributed by atoms with Gasteiger partial charge < -0.3 is 5.11 Å². The predicted molar refractivity (Wildman–Crippen MR) is 81.4 cm³/mol. The van der Waals surface area contributed by atoms with E-state index in [4.69, 9.17) is 5.84 Å². The average Bonchev–Trinajstić information content (AvgIpc) is 2.39. The van der Waals surface area contributed by atoms with Crippen LogP contribution in [0.3, 0.4) is 0 Å². The molecule has 1 rings (SSSR count). The Bertz CT molecular complexity index is 482. The van der Waals surface area contributed by atoms with Crippen LogP contribution in [-0.2, 0) is 16.6 Å². The Morgan fingerprint density at radius 2 is 2.05 bits per heavy atom. The number of aromatic hydroxyl groups is 1. The second-order valence-electron chi connectivity index (χ2n) is 6.01. The van der Waals surface area contributed by atoms with Gasteiger partial charge in [-0.3, -0.25) is 10.2 Å². The lowest BCUT2D eigenvalue weighted by Gasteiger charge is -2.27. The van der Waals surface area contributed by atoms with Crippen LogP contribution in [0.2, 0.25) is 0 Å². The standard InChI is InChI=1S/C16H26N2O2/c1-5-8-16(3,4)13-10-12(6-7-14(19)18-17)9-11(2)15(13)20/h9-10,20H,5-8,17H2,1-4H3,(H,18,19). The van der Waals surface area contributed by atoms with Crippen LogP contribution in [0.4, 0.5) is 0 Å². The Morgan fingerprint density at radius 3 is 2.60 bits per heavy atom. The summed E-state index contributed by atoms with van der Waals surface area (Å²) in [6, 6.07) is 3.95. The molecule has 1 aromatic carbocycles. The minimum atomic E-state index is -0.176. The first-order chi connectivity index (χ1) is 9.31. The van der Waals surface area contributed by atoms with Crippen molar-refractivity contribution in [2.45, 2.75) is 58.8 Å². The zero-order chi connectivity index (χ0) is 15.3. The van der Waals surface area contributed by atoms with E-state index in [2.05, 4.69) is 26.2 Å². The Hall–Kier alpha value is -1.55. The molecule has 0 radical (unpaired) electrons. The van der Waals surface area contributed by atoms with Crippen molar-refractivity contribution in [3.05, 3.63) is 28.8 Å². The summed E-state index contributed by atoms with van der Waals surface area (Å²) in [5, 5.41) is 10.3. The van der Waals surface area contributed by atoms with Crippen LogP contribution in [0, 0.1) is 6.92 Å². The van der Waals surface area contributed by atoms with Gasteiger partial charge in [-0.1, -0.05) is 39.3 Å². The van der Waals surface area contributed by atoms with E-state index in [1.165, 1.54) is 0 Å². The molecule has 20 heavy (non-hydrogen) atoms. The molecular weight excluding hydrogens is 252 g/mol. The van der Waals surface area contributed by atoms with E-state index in [1.807, 2.05) is 19.1 Å². The molecule has 112 valence electrons. The van der Waals surface area contributed by atoms with Crippen molar-refractivity contribution >= 4 is 5.91 Å². The van der Waals surface area contributed by atoms with Crippen LogP contribution >= 0.6 is 0 Å². The first-order valence-electron chi connectivity index (χ1n) is 7.14. The van der Waals surface area contributed by atoms with Crippen LogP contribution in [0.15, 0.2) is 12.1 Å². The van der Waals surface area contributed by atoms with Crippen LogP contribution in [0.5, 0.6) is 5.75 Å². The van der Waals surface area contributed by atoms with Crippen molar-refractivity contribution in [3.63, 3.8) is 0 Å². The molecule has 4 N–H and O–H groups in total. The maximum atomic E-state index is 11.2. The molecule has 0 fully saturated rings. The van der Waals surface area contributed by atoms with Gasteiger partial charge in [-0.05, 0) is 36.3 Å². The van der Waals surface area contributed by atoms with E-state index >= 15 is 0 Å². The van der Waals surface area contributed by atoms with Crippen molar-refractivity contribution in [1.82, 2.24) is 5.43 Å². The fraction of sp³-hybridized carbons (Fsp3) is 0.562. The normalized spacial score (nSPS) is 11.4. The fourth-order valence-electron chi connectivity index (χ4n) is 2.60. The SMILES string of the molecule is CCCC(C)(C)c1cc(CCC(=O)NN)cc(C)c1O. The smallest absolute Gasteiger partial charge is 0.234 e. The zero-order valence-corrected chi connectivity index (χ0v) is 12.9. The number of hydrogen-bond acceptors (Lipinski definition) is 3. The van der Waals surface area contributed by atoms with Gasteiger partial charge in [0.25, 0.3) is 0 Å². The first kappa shape index (κ1) is 16.5. The number of rotatable bonds is 6. The third-order valence-corrected chi connectivity index (χ3v) is 3.77. The molecule has 1 amide bonds. The number of hydrogen-bond donors (Lipinski definition) is 3. The van der Waals surface area contributed by atoms with Gasteiger partial charge in [0.1, 0.15) is 5.75 Å². The second-order valence-corrected chi connectivity index (χ2v) is 6.01. The van der Waals surface area contributed by atoms with Crippen LogP contribution < -0.4 is 11.3 Å².